The van der Waals surface area contributed by atoms with E-state index in [0.29, 0.717) is 4.47 Å². The van der Waals surface area contributed by atoms with Crippen LogP contribution in [0.15, 0.2) is 56.7 Å². The van der Waals surface area contributed by atoms with Gasteiger partial charge in [-0.1, -0.05) is 12.1 Å². The van der Waals surface area contributed by atoms with Crippen molar-refractivity contribution in [3.8, 4) is 6.07 Å². The fourth-order valence-electron chi connectivity index (χ4n) is 1.90. The van der Waals surface area contributed by atoms with Crippen molar-refractivity contribution in [2.45, 2.75) is 9.79 Å². The topological polar surface area (TPSA) is 147 Å². The van der Waals surface area contributed by atoms with Gasteiger partial charge in [-0.3, -0.25) is 4.79 Å². The summed E-state index contributed by atoms with van der Waals surface area (Å²) in [5, 5.41) is 14.0. The SMILES string of the molecule is N#Cc1cc(C(=O)NS(=O)(=O)c2ccccc2S(N)(=O)=O)ccc1Br. The Kier molecular flexibility index (Phi) is 5.28. The third kappa shape index (κ3) is 4.23. The second kappa shape index (κ2) is 6.93. The number of sulfonamides is 2. The maximum Gasteiger partial charge on any atom is 0.265 e. The zero-order valence-corrected chi connectivity index (χ0v) is 15.5. The van der Waals surface area contributed by atoms with Crippen LogP contribution in [0.2, 0.25) is 0 Å². The Morgan fingerprint density at radius 1 is 1.08 bits per heavy atom. The van der Waals surface area contributed by atoms with Crippen molar-refractivity contribution >= 4 is 41.9 Å². The van der Waals surface area contributed by atoms with Gasteiger partial charge >= 0.3 is 0 Å². The molecule has 0 radical (unpaired) electrons. The van der Waals surface area contributed by atoms with Crippen molar-refractivity contribution in [2.24, 2.45) is 5.14 Å². The van der Waals surface area contributed by atoms with E-state index in [-0.39, 0.29) is 11.1 Å². The van der Waals surface area contributed by atoms with Gasteiger partial charge in [-0.25, -0.2) is 26.7 Å². The number of benzene rings is 2. The smallest absolute Gasteiger partial charge is 0.265 e. The molecule has 0 saturated heterocycles. The average molecular weight is 444 g/mol. The molecule has 0 aliphatic heterocycles. The number of nitrogens with two attached hydrogens (primary N) is 1. The van der Waals surface area contributed by atoms with E-state index in [1.165, 1.54) is 30.3 Å². The first-order chi connectivity index (χ1) is 11.6. The standard InChI is InChI=1S/C14H10BrN3O5S2/c15-11-6-5-9(7-10(11)8-16)14(19)18-25(22,23)13-4-2-1-3-12(13)24(17,20)21/h1-7H,(H,18,19)(H2,17,20,21). The lowest BCUT2D eigenvalue weighted by molar-refractivity contribution is 0.0981. The zero-order valence-electron chi connectivity index (χ0n) is 12.3. The van der Waals surface area contributed by atoms with Crippen LogP contribution >= 0.6 is 15.9 Å². The fraction of sp³-hybridized carbons (Fsp3) is 0. The minimum atomic E-state index is -4.50. The molecule has 3 N–H and O–H groups in total. The lowest BCUT2D eigenvalue weighted by atomic mass is 10.1. The fourth-order valence-corrected chi connectivity index (χ4v) is 4.59. The largest absolute Gasteiger partial charge is 0.268 e. The first kappa shape index (κ1) is 19.1. The van der Waals surface area contributed by atoms with Crippen LogP contribution in [0.4, 0.5) is 0 Å². The number of rotatable bonds is 4. The van der Waals surface area contributed by atoms with E-state index >= 15 is 0 Å². The quantitative estimate of drug-likeness (QED) is 0.722. The van der Waals surface area contributed by atoms with Crippen LogP contribution in [0.25, 0.3) is 0 Å². The first-order valence-electron chi connectivity index (χ1n) is 6.45. The van der Waals surface area contributed by atoms with E-state index in [4.69, 9.17) is 10.4 Å². The number of carbonyl (C=O) groups is 1. The molecule has 0 atom stereocenters. The Bertz CT molecular complexity index is 1110. The molecule has 1 amide bonds. The summed E-state index contributed by atoms with van der Waals surface area (Å²) in [7, 11) is -8.82. The molecule has 2 rings (SSSR count). The lowest BCUT2D eigenvalue weighted by Gasteiger charge is -2.10. The molecule has 0 saturated carbocycles. The van der Waals surface area contributed by atoms with Gasteiger partial charge in [0.05, 0.1) is 5.56 Å². The highest BCUT2D eigenvalue weighted by molar-refractivity contribution is 9.10. The minimum Gasteiger partial charge on any atom is -0.268 e. The number of hydrogen-bond acceptors (Lipinski definition) is 6. The van der Waals surface area contributed by atoms with Gasteiger partial charge in [0.15, 0.2) is 0 Å². The molecule has 0 fully saturated rings. The van der Waals surface area contributed by atoms with E-state index in [1.807, 2.05) is 6.07 Å². The van der Waals surface area contributed by atoms with Crippen LogP contribution in [0.1, 0.15) is 15.9 Å². The molecular formula is C14H10BrN3O5S2. The molecule has 11 heteroatoms. The number of nitriles is 1. The molecule has 8 nitrogen and oxygen atoms in total. The minimum absolute atomic E-state index is 0.0867. The number of carbonyl (C=O) groups excluding carboxylic acids is 1. The summed E-state index contributed by atoms with van der Waals surface area (Å²) in [4.78, 5) is 10.9. The lowest BCUT2D eigenvalue weighted by Crippen LogP contribution is -2.32. The third-order valence-electron chi connectivity index (χ3n) is 3.02. The maximum absolute atomic E-state index is 12.4. The summed E-state index contributed by atoms with van der Waals surface area (Å²) in [6, 6.07) is 10.4. The highest BCUT2D eigenvalue weighted by Gasteiger charge is 2.26. The van der Waals surface area contributed by atoms with Crippen molar-refractivity contribution in [3.05, 3.63) is 58.1 Å². The van der Waals surface area contributed by atoms with Gasteiger partial charge in [-0.05, 0) is 46.3 Å². The number of nitrogens with one attached hydrogen (secondary N) is 1. The van der Waals surface area contributed by atoms with E-state index in [9.17, 15) is 21.6 Å². The normalized spacial score (nSPS) is 11.6. The van der Waals surface area contributed by atoms with Gasteiger partial charge in [-0.2, -0.15) is 5.26 Å². The van der Waals surface area contributed by atoms with Crippen LogP contribution in [-0.4, -0.2) is 22.7 Å². The predicted octanol–water partition coefficient (Wildman–Crippen LogP) is 1.09. The van der Waals surface area contributed by atoms with E-state index in [2.05, 4.69) is 15.9 Å². The van der Waals surface area contributed by atoms with Gasteiger partial charge in [0.2, 0.25) is 10.0 Å². The Hall–Kier alpha value is -2.26. The number of primary sulfonamides is 1. The summed E-state index contributed by atoms with van der Waals surface area (Å²) < 4.78 is 50.0. The van der Waals surface area contributed by atoms with Crippen molar-refractivity contribution in [1.29, 1.82) is 5.26 Å². The molecule has 2 aromatic rings. The molecule has 0 aliphatic rings. The molecule has 2 aromatic carbocycles. The number of amides is 1. The first-order valence-corrected chi connectivity index (χ1v) is 10.3. The molecule has 130 valence electrons. The van der Waals surface area contributed by atoms with Gasteiger partial charge in [0, 0.05) is 10.0 Å². The van der Waals surface area contributed by atoms with E-state index < -0.39 is 35.7 Å². The number of hydrogen-bond donors (Lipinski definition) is 2. The number of nitrogens with zero attached hydrogens (tertiary/aromatic N) is 1. The Balaban J connectivity index is 2.44. The summed E-state index contributed by atoms with van der Waals surface area (Å²) in [5.41, 5.74) is 0.0476. The van der Waals surface area contributed by atoms with E-state index in [1.54, 1.807) is 4.72 Å². The molecule has 0 unspecified atom stereocenters. The van der Waals surface area contributed by atoms with Crippen molar-refractivity contribution in [2.75, 3.05) is 0 Å². The van der Waals surface area contributed by atoms with Crippen LogP contribution in [0, 0.1) is 11.3 Å². The Labute approximate surface area is 152 Å². The molecular weight excluding hydrogens is 434 g/mol. The van der Waals surface area contributed by atoms with E-state index in [0.717, 1.165) is 12.1 Å². The molecule has 0 spiro atoms. The monoisotopic (exact) mass is 443 g/mol. The predicted molar refractivity (Wildman–Crippen MR) is 91.3 cm³/mol. The third-order valence-corrected chi connectivity index (χ3v) is 6.20. The molecule has 0 bridgehead atoms. The Morgan fingerprint density at radius 3 is 2.24 bits per heavy atom. The van der Waals surface area contributed by atoms with Crippen LogP contribution in [-0.2, 0) is 20.0 Å². The summed E-state index contributed by atoms with van der Waals surface area (Å²) in [6.45, 7) is 0. The van der Waals surface area contributed by atoms with Crippen molar-refractivity contribution in [3.63, 3.8) is 0 Å². The number of halogens is 1. The summed E-state index contributed by atoms with van der Waals surface area (Å²) in [6.07, 6.45) is 0. The van der Waals surface area contributed by atoms with Gasteiger partial charge in [-0.15, -0.1) is 0 Å². The van der Waals surface area contributed by atoms with Crippen LogP contribution in [0.5, 0.6) is 0 Å². The second-order valence-corrected chi connectivity index (χ2v) is 8.77. The van der Waals surface area contributed by atoms with Crippen molar-refractivity contribution in [1.82, 2.24) is 4.72 Å². The average Bonchev–Trinajstić information content (AvgIpc) is 2.54. The highest BCUT2D eigenvalue weighted by Crippen LogP contribution is 2.21. The van der Waals surface area contributed by atoms with Crippen LogP contribution in [0.3, 0.4) is 0 Å². The van der Waals surface area contributed by atoms with Crippen LogP contribution < -0.4 is 9.86 Å². The van der Waals surface area contributed by atoms with Gasteiger partial charge in [0.1, 0.15) is 15.9 Å². The maximum atomic E-state index is 12.4. The van der Waals surface area contributed by atoms with Crippen molar-refractivity contribution < 1.29 is 21.6 Å². The summed E-state index contributed by atoms with van der Waals surface area (Å²) in [5.74, 6) is -1.02. The summed E-state index contributed by atoms with van der Waals surface area (Å²) >= 11 is 3.12. The molecule has 0 aliphatic carbocycles. The highest BCUT2D eigenvalue weighted by atomic mass is 79.9. The molecule has 0 aromatic heterocycles. The van der Waals surface area contributed by atoms with Gasteiger partial charge in [0.25, 0.3) is 15.9 Å². The van der Waals surface area contributed by atoms with Gasteiger partial charge < -0.3 is 0 Å². The molecule has 25 heavy (non-hydrogen) atoms. The zero-order chi connectivity index (χ0) is 18.8. The second-order valence-electron chi connectivity index (χ2n) is 4.73. The molecule has 0 heterocycles. The Morgan fingerprint density at radius 2 is 1.68 bits per heavy atom.